The Morgan fingerprint density at radius 1 is 0.828 bits per heavy atom. The SMILES string of the molecule is COc1cc(Nc2ncnc(Nc3nc4ccccc4[nH]3)n2)cc(OC)c1OC. The van der Waals surface area contributed by atoms with E-state index in [1.807, 2.05) is 24.3 Å². The molecule has 0 unspecified atom stereocenters. The maximum atomic E-state index is 5.37. The van der Waals surface area contributed by atoms with Crippen molar-refractivity contribution in [3.05, 3.63) is 42.7 Å². The molecule has 0 saturated carbocycles. The number of nitrogens with one attached hydrogen (secondary N) is 3. The summed E-state index contributed by atoms with van der Waals surface area (Å²) in [5, 5.41) is 6.15. The van der Waals surface area contributed by atoms with Crippen molar-refractivity contribution in [2.45, 2.75) is 0 Å². The van der Waals surface area contributed by atoms with Gasteiger partial charge in [0.1, 0.15) is 6.33 Å². The van der Waals surface area contributed by atoms with Gasteiger partial charge >= 0.3 is 0 Å². The minimum atomic E-state index is 0.341. The fourth-order valence-electron chi connectivity index (χ4n) is 2.82. The predicted molar refractivity (Wildman–Crippen MR) is 109 cm³/mol. The number of aromatic nitrogens is 5. The molecule has 3 N–H and O–H groups in total. The van der Waals surface area contributed by atoms with E-state index in [-0.39, 0.29) is 0 Å². The second kappa shape index (κ2) is 7.89. The molecular weight excluding hydrogens is 374 g/mol. The van der Waals surface area contributed by atoms with Crippen LogP contribution in [-0.2, 0) is 0 Å². The van der Waals surface area contributed by atoms with Gasteiger partial charge in [0.25, 0.3) is 0 Å². The van der Waals surface area contributed by atoms with Crippen LogP contribution < -0.4 is 24.8 Å². The Morgan fingerprint density at radius 2 is 1.52 bits per heavy atom. The number of hydrogen-bond donors (Lipinski definition) is 3. The number of rotatable bonds is 7. The van der Waals surface area contributed by atoms with E-state index in [1.165, 1.54) is 6.33 Å². The summed E-state index contributed by atoms with van der Waals surface area (Å²) in [5.41, 5.74) is 2.43. The molecule has 0 aliphatic heterocycles. The van der Waals surface area contributed by atoms with Gasteiger partial charge in [-0.25, -0.2) is 15.0 Å². The zero-order chi connectivity index (χ0) is 20.2. The zero-order valence-corrected chi connectivity index (χ0v) is 16.1. The lowest BCUT2D eigenvalue weighted by Crippen LogP contribution is -2.04. The van der Waals surface area contributed by atoms with E-state index in [2.05, 4.69) is 35.6 Å². The molecule has 2 aromatic carbocycles. The van der Waals surface area contributed by atoms with Crippen LogP contribution in [0.1, 0.15) is 0 Å². The van der Waals surface area contributed by atoms with Crippen LogP contribution in [0.5, 0.6) is 17.2 Å². The van der Waals surface area contributed by atoms with Gasteiger partial charge in [0, 0.05) is 17.8 Å². The normalized spacial score (nSPS) is 10.6. The summed E-state index contributed by atoms with van der Waals surface area (Å²) in [5.74, 6) is 2.76. The number of benzene rings is 2. The summed E-state index contributed by atoms with van der Waals surface area (Å²) in [6.45, 7) is 0. The van der Waals surface area contributed by atoms with Gasteiger partial charge < -0.3 is 24.5 Å². The molecule has 29 heavy (non-hydrogen) atoms. The van der Waals surface area contributed by atoms with E-state index in [9.17, 15) is 0 Å². The number of H-pyrrole nitrogens is 1. The van der Waals surface area contributed by atoms with E-state index in [1.54, 1.807) is 33.5 Å². The van der Waals surface area contributed by atoms with E-state index in [4.69, 9.17) is 14.2 Å². The van der Waals surface area contributed by atoms with Gasteiger partial charge in [0.05, 0.1) is 32.4 Å². The highest BCUT2D eigenvalue weighted by atomic mass is 16.5. The highest BCUT2D eigenvalue weighted by Crippen LogP contribution is 2.40. The lowest BCUT2D eigenvalue weighted by molar-refractivity contribution is 0.324. The number of imidazole rings is 1. The Hall–Kier alpha value is -4.08. The van der Waals surface area contributed by atoms with Crippen LogP contribution in [0.4, 0.5) is 23.5 Å². The summed E-state index contributed by atoms with van der Waals surface area (Å²) in [6, 6.07) is 11.2. The van der Waals surface area contributed by atoms with Crippen molar-refractivity contribution in [2.24, 2.45) is 0 Å². The molecule has 0 atom stereocenters. The second-order valence-corrected chi connectivity index (χ2v) is 5.90. The van der Waals surface area contributed by atoms with Crippen molar-refractivity contribution in [2.75, 3.05) is 32.0 Å². The number of aromatic amines is 1. The molecular formula is C19H19N7O3. The highest BCUT2D eigenvalue weighted by Gasteiger charge is 2.14. The van der Waals surface area contributed by atoms with Gasteiger partial charge in [-0.3, -0.25) is 5.32 Å². The third-order valence-corrected chi connectivity index (χ3v) is 4.11. The van der Waals surface area contributed by atoms with Crippen LogP contribution in [0.2, 0.25) is 0 Å². The smallest absolute Gasteiger partial charge is 0.234 e. The fraction of sp³-hybridized carbons (Fsp3) is 0.158. The average Bonchev–Trinajstić information content (AvgIpc) is 3.15. The number of fused-ring (bicyclic) bond motifs is 1. The van der Waals surface area contributed by atoms with Crippen LogP contribution in [0.15, 0.2) is 42.7 Å². The minimum absolute atomic E-state index is 0.341. The predicted octanol–water partition coefficient (Wildman–Crippen LogP) is 3.26. The Morgan fingerprint density at radius 3 is 2.17 bits per heavy atom. The van der Waals surface area contributed by atoms with Crippen molar-refractivity contribution >= 4 is 34.6 Å². The van der Waals surface area contributed by atoms with Crippen molar-refractivity contribution in [3.8, 4) is 17.2 Å². The summed E-state index contributed by atoms with van der Waals surface area (Å²) < 4.78 is 16.1. The first-order valence-electron chi connectivity index (χ1n) is 8.68. The number of nitrogens with zero attached hydrogens (tertiary/aromatic N) is 4. The standard InChI is InChI=1S/C19H19N7O3/c1-27-14-8-11(9-15(28-2)16(14)29-3)22-17-20-10-21-18(25-17)26-19-23-12-6-4-5-7-13(12)24-19/h4-10H,1-3H3,(H3,20,21,22,23,24,25,26). The largest absolute Gasteiger partial charge is 0.493 e. The first-order chi connectivity index (χ1) is 14.2. The van der Waals surface area contributed by atoms with Crippen LogP contribution >= 0.6 is 0 Å². The van der Waals surface area contributed by atoms with Crippen molar-refractivity contribution in [3.63, 3.8) is 0 Å². The summed E-state index contributed by atoms with van der Waals surface area (Å²) in [4.78, 5) is 20.3. The molecule has 10 heteroatoms. The minimum Gasteiger partial charge on any atom is -0.493 e. The molecule has 0 bridgehead atoms. The lowest BCUT2D eigenvalue weighted by Gasteiger charge is -2.14. The Bertz CT molecular complexity index is 1090. The summed E-state index contributed by atoms with van der Waals surface area (Å²) >= 11 is 0. The molecule has 10 nitrogen and oxygen atoms in total. The Balaban J connectivity index is 1.57. The van der Waals surface area contributed by atoms with Gasteiger partial charge in [-0.2, -0.15) is 4.98 Å². The average molecular weight is 393 g/mol. The molecule has 0 spiro atoms. The molecule has 0 amide bonds. The molecule has 2 heterocycles. The number of ether oxygens (including phenoxy) is 3. The van der Waals surface area contributed by atoms with Gasteiger partial charge in [-0.1, -0.05) is 12.1 Å². The first kappa shape index (κ1) is 18.3. The van der Waals surface area contributed by atoms with Crippen molar-refractivity contribution < 1.29 is 14.2 Å². The van der Waals surface area contributed by atoms with E-state index in [0.29, 0.717) is 40.8 Å². The number of methoxy groups -OCH3 is 3. The molecule has 0 fully saturated rings. The van der Waals surface area contributed by atoms with Crippen LogP contribution in [0.25, 0.3) is 11.0 Å². The molecule has 2 aromatic heterocycles. The first-order valence-corrected chi connectivity index (χ1v) is 8.68. The molecule has 0 radical (unpaired) electrons. The van der Waals surface area contributed by atoms with E-state index >= 15 is 0 Å². The molecule has 148 valence electrons. The Kier molecular flexibility index (Phi) is 4.97. The van der Waals surface area contributed by atoms with E-state index in [0.717, 1.165) is 11.0 Å². The maximum Gasteiger partial charge on any atom is 0.234 e. The zero-order valence-electron chi connectivity index (χ0n) is 16.1. The monoisotopic (exact) mass is 393 g/mol. The van der Waals surface area contributed by atoms with Crippen LogP contribution in [0, 0.1) is 0 Å². The van der Waals surface area contributed by atoms with Crippen LogP contribution in [-0.4, -0.2) is 46.2 Å². The van der Waals surface area contributed by atoms with Gasteiger partial charge in [0.2, 0.25) is 23.6 Å². The lowest BCUT2D eigenvalue weighted by atomic mass is 10.2. The maximum absolute atomic E-state index is 5.37. The highest BCUT2D eigenvalue weighted by molar-refractivity contribution is 5.77. The van der Waals surface area contributed by atoms with Gasteiger partial charge in [-0.15, -0.1) is 0 Å². The molecule has 4 aromatic rings. The van der Waals surface area contributed by atoms with E-state index < -0.39 is 0 Å². The fourth-order valence-corrected chi connectivity index (χ4v) is 2.82. The third-order valence-electron chi connectivity index (χ3n) is 4.11. The van der Waals surface area contributed by atoms with Gasteiger partial charge in [-0.05, 0) is 12.1 Å². The van der Waals surface area contributed by atoms with Crippen molar-refractivity contribution in [1.29, 1.82) is 0 Å². The number of para-hydroxylation sites is 2. The third kappa shape index (κ3) is 3.81. The number of anilines is 4. The topological polar surface area (TPSA) is 119 Å². The summed E-state index contributed by atoms with van der Waals surface area (Å²) in [6.07, 6.45) is 1.40. The molecule has 4 rings (SSSR count). The molecule has 0 saturated heterocycles. The molecule has 0 aliphatic carbocycles. The molecule has 0 aliphatic rings. The Labute approximate surface area is 166 Å². The van der Waals surface area contributed by atoms with Crippen molar-refractivity contribution in [1.82, 2.24) is 24.9 Å². The summed E-state index contributed by atoms with van der Waals surface area (Å²) in [7, 11) is 4.66. The van der Waals surface area contributed by atoms with Gasteiger partial charge in [0.15, 0.2) is 11.5 Å². The van der Waals surface area contributed by atoms with Crippen LogP contribution in [0.3, 0.4) is 0 Å². The second-order valence-electron chi connectivity index (χ2n) is 5.90. The number of hydrogen-bond acceptors (Lipinski definition) is 9. The quantitative estimate of drug-likeness (QED) is 0.434.